The highest BCUT2D eigenvalue weighted by Crippen LogP contribution is 2.36. The van der Waals surface area contributed by atoms with Crippen molar-refractivity contribution in [3.05, 3.63) is 30.1 Å². The van der Waals surface area contributed by atoms with Gasteiger partial charge in [0.15, 0.2) is 0 Å². The van der Waals surface area contributed by atoms with Gasteiger partial charge in [-0.3, -0.25) is 4.98 Å². The Hall–Kier alpha value is -0.890. The van der Waals surface area contributed by atoms with Crippen LogP contribution >= 0.6 is 0 Å². The van der Waals surface area contributed by atoms with Crippen LogP contribution in [0.25, 0.3) is 0 Å². The number of nitrogens with zero attached hydrogens (tertiary/aromatic N) is 1. The van der Waals surface area contributed by atoms with E-state index in [1.54, 1.807) is 0 Å². The number of nitrogens with one attached hydrogen (secondary N) is 1. The zero-order chi connectivity index (χ0) is 12.1. The predicted molar refractivity (Wildman–Crippen MR) is 71.9 cm³/mol. The maximum Gasteiger partial charge on any atom is 0.0270 e. The topological polar surface area (TPSA) is 24.9 Å². The number of aromatic nitrogens is 1. The third-order valence-electron chi connectivity index (χ3n) is 3.78. The molecule has 0 saturated heterocycles. The summed E-state index contributed by atoms with van der Waals surface area (Å²) in [6, 6.07) is 4.30. The summed E-state index contributed by atoms with van der Waals surface area (Å²) in [4.78, 5) is 4.07. The van der Waals surface area contributed by atoms with Gasteiger partial charge in [0.05, 0.1) is 0 Å². The lowest BCUT2D eigenvalue weighted by molar-refractivity contribution is 0.169. The van der Waals surface area contributed by atoms with E-state index in [-0.39, 0.29) is 0 Å². The Morgan fingerprint density at radius 3 is 2.53 bits per heavy atom. The fraction of sp³-hybridized carbons (Fsp3) is 0.667. The van der Waals surface area contributed by atoms with Crippen LogP contribution in [0.5, 0.6) is 0 Å². The van der Waals surface area contributed by atoms with Gasteiger partial charge in [0.25, 0.3) is 0 Å². The van der Waals surface area contributed by atoms with Crippen LogP contribution in [-0.4, -0.2) is 18.1 Å². The van der Waals surface area contributed by atoms with Crippen LogP contribution in [0.2, 0.25) is 0 Å². The highest BCUT2D eigenvalue weighted by atomic mass is 14.9. The standard InChI is InChI=1S/C15H24N2/c1-12(2)10-17-11-15-4-3-14(15)9-13-5-7-16-8-6-13/h5-8,12,14-15,17H,3-4,9-11H2,1-2H3. The van der Waals surface area contributed by atoms with Gasteiger partial charge in [0.1, 0.15) is 0 Å². The second-order valence-corrected chi connectivity index (χ2v) is 5.71. The van der Waals surface area contributed by atoms with Crippen LogP contribution in [0.4, 0.5) is 0 Å². The lowest BCUT2D eigenvalue weighted by atomic mass is 9.71. The molecule has 1 aliphatic carbocycles. The van der Waals surface area contributed by atoms with Gasteiger partial charge in [0, 0.05) is 12.4 Å². The van der Waals surface area contributed by atoms with Crippen molar-refractivity contribution >= 4 is 0 Å². The van der Waals surface area contributed by atoms with E-state index in [0.717, 1.165) is 24.3 Å². The highest BCUT2D eigenvalue weighted by Gasteiger charge is 2.30. The summed E-state index contributed by atoms with van der Waals surface area (Å²) in [6.07, 6.45) is 7.84. The van der Waals surface area contributed by atoms with Gasteiger partial charge in [-0.1, -0.05) is 13.8 Å². The number of hydrogen-bond acceptors (Lipinski definition) is 2. The molecule has 94 valence electrons. The van der Waals surface area contributed by atoms with E-state index in [2.05, 4.69) is 36.3 Å². The van der Waals surface area contributed by atoms with Gasteiger partial charge in [-0.05, 0) is 67.8 Å². The fourth-order valence-electron chi connectivity index (χ4n) is 2.55. The van der Waals surface area contributed by atoms with Crippen LogP contribution < -0.4 is 5.32 Å². The van der Waals surface area contributed by atoms with Crippen molar-refractivity contribution in [1.29, 1.82) is 0 Å². The molecule has 1 N–H and O–H groups in total. The van der Waals surface area contributed by atoms with Crippen molar-refractivity contribution in [3.63, 3.8) is 0 Å². The monoisotopic (exact) mass is 232 g/mol. The Bertz CT molecular complexity index is 321. The Morgan fingerprint density at radius 1 is 1.24 bits per heavy atom. The highest BCUT2D eigenvalue weighted by molar-refractivity contribution is 5.11. The minimum atomic E-state index is 0.758. The van der Waals surface area contributed by atoms with Gasteiger partial charge in [-0.25, -0.2) is 0 Å². The van der Waals surface area contributed by atoms with Crippen LogP contribution in [-0.2, 0) is 6.42 Å². The molecule has 0 amide bonds. The normalized spacial score (nSPS) is 23.7. The number of hydrogen-bond donors (Lipinski definition) is 1. The molecule has 2 rings (SSSR count). The lowest BCUT2D eigenvalue weighted by Gasteiger charge is -2.37. The molecule has 0 bridgehead atoms. The van der Waals surface area contributed by atoms with Crippen molar-refractivity contribution in [1.82, 2.24) is 10.3 Å². The third kappa shape index (κ3) is 3.81. The minimum absolute atomic E-state index is 0.758. The molecule has 17 heavy (non-hydrogen) atoms. The smallest absolute Gasteiger partial charge is 0.0270 e. The first kappa shape index (κ1) is 12.6. The molecular formula is C15H24N2. The van der Waals surface area contributed by atoms with E-state index < -0.39 is 0 Å². The first-order valence-electron chi connectivity index (χ1n) is 6.85. The Balaban J connectivity index is 1.72. The Kier molecular flexibility index (Phi) is 4.55. The van der Waals surface area contributed by atoms with Gasteiger partial charge >= 0.3 is 0 Å². The summed E-state index contributed by atoms with van der Waals surface area (Å²) < 4.78 is 0. The molecule has 0 spiro atoms. The molecule has 0 aliphatic heterocycles. The summed E-state index contributed by atoms with van der Waals surface area (Å²) in [5.41, 5.74) is 1.44. The zero-order valence-electron chi connectivity index (χ0n) is 11.0. The van der Waals surface area contributed by atoms with Gasteiger partial charge < -0.3 is 5.32 Å². The quantitative estimate of drug-likeness (QED) is 0.815. The summed E-state index contributed by atoms with van der Waals surface area (Å²) in [7, 11) is 0. The molecule has 1 aliphatic rings. The molecule has 1 fully saturated rings. The fourth-order valence-corrected chi connectivity index (χ4v) is 2.55. The van der Waals surface area contributed by atoms with Crippen molar-refractivity contribution in [2.75, 3.05) is 13.1 Å². The maximum absolute atomic E-state index is 4.07. The van der Waals surface area contributed by atoms with E-state index in [9.17, 15) is 0 Å². The summed E-state index contributed by atoms with van der Waals surface area (Å²) in [6.45, 7) is 6.89. The van der Waals surface area contributed by atoms with Gasteiger partial charge in [0.2, 0.25) is 0 Å². The molecule has 2 heteroatoms. The van der Waals surface area contributed by atoms with Crippen LogP contribution in [0.1, 0.15) is 32.3 Å². The van der Waals surface area contributed by atoms with Crippen molar-refractivity contribution in [2.45, 2.75) is 33.1 Å². The molecule has 1 aromatic heterocycles. The molecule has 1 aromatic rings. The lowest BCUT2D eigenvalue weighted by Crippen LogP contribution is -2.37. The molecule has 2 atom stereocenters. The van der Waals surface area contributed by atoms with Crippen LogP contribution in [0.15, 0.2) is 24.5 Å². The molecular weight excluding hydrogens is 208 g/mol. The van der Waals surface area contributed by atoms with Crippen molar-refractivity contribution in [3.8, 4) is 0 Å². The second kappa shape index (κ2) is 6.15. The van der Waals surface area contributed by atoms with E-state index in [4.69, 9.17) is 0 Å². The molecule has 2 nitrogen and oxygen atoms in total. The molecule has 1 saturated carbocycles. The van der Waals surface area contributed by atoms with Crippen LogP contribution in [0.3, 0.4) is 0 Å². The molecule has 0 radical (unpaired) electrons. The average molecular weight is 232 g/mol. The molecule has 1 heterocycles. The van der Waals surface area contributed by atoms with E-state index in [1.165, 1.54) is 31.4 Å². The first-order chi connectivity index (χ1) is 8.25. The van der Waals surface area contributed by atoms with Crippen LogP contribution in [0, 0.1) is 17.8 Å². The van der Waals surface area contributed by atoms with E-state index in [0.29, 0.717) is 0 Å². The van der Waals surface area contributed by atoms with Crippen molar-refractivity contribution in [2.24, 2.45) is 17.8 Å². The number of rotatable bonds is 6. The summed E-state index contributed by atoms with van der Waals surface area (Å²) in [5, 5.41) is 3.59. The van der Waals surface area contributed by atoms with E-state index >= 15 is 0 Å². The third-order valence-corrected chi connectivity index (χ3v) is 3.78. The molecule has 2 unspecified atom stereocenters. The Labute approximate surface area is 105 Å². The summed E-state index contributed by atoms with van der Waals surface area (Å²) in [5.74, 6) is 2.53. The second-order valence-electron chi connectivity index (χ2n) is 5.71. The number of pyridine rings is 1. The molecule has 0 aromatic carbocycles. The van der Waals surface area contributed by atoms with Gasteiger partial charge in [-0.15, -0.1) is 0 Å². The average Bonchev–Trinajstić information content (AvgIpc) is 2.31. The largest absolute Gasteiger partial charge is 0.316 e. The Morgan fingerprint density at radius 2 is 1.94 bits per heavy atom. The zero-order valence-corrected chi connectivity index (χ0v) is 11.0. The van der Waals surface area contributed by atoms with Crippen molar-refractivity contribution < 1.29 is 0 Å². The van der Waals surface area contributed by atoms with Gasteiger partial charge in [-0.2, -0.15) is 0 Å². The minimum Gasteiger partial charge on any atom is -0.316 e. The SMILES string of the molecule is CC(C)CNCC1CCC1Cc1ccncc1. The maximum atomic E-state index is 4.07. The summed E-state index contributed by atoms with van der Waals surface area (Å²) >= 11 is 0. The first-order valence-corrected chi connectivity index (χ1v) is 6.85. The predicted octanol–water partition coefficient (Wildman–Crippen LogP) is 2.90. The van der Waals surface area contributed by atoms with E-state index in [1.807, 2.05) is 12.4 Å².